The van der Waals surface area contributed by atoms with Crippen molar-refractivity contribution in [3.05, 3.63) is 84.8 Å². The zero-order chi connectivity index (χ0) is 18.6. The van der Waals surface area contributed by atoms with E-state index in [1.165, 1.54) is 0 Å². The van der Waals surface area contributed by atoms with E-state index in [2.05, 4.69) is 9.97 Å². The van der Waals surface area contributed by atoms with Crippen LogP contribution in [0.15, 0.2) is 79.1 Å². The van der Waals surface area contributed by atoms with Gasteiger partial charge in [0.2, 0.25) is 5.88 Å². The molecule has 2 aromatic heterocycles. The molecule has 0 aliphatic heterocycles. The Labute approximate surface area is 157 Å². The van der Waals surface area contributed by atoms with Crippen molar-refractivity contribution in [2.45, 2.75) is 6.92 Å². The van der Waals surface area contributed by atoms with Crippen molar-refractivity contribution in [2.24, 2.45) is 7.05 Å². The molecule has 4 aromatic rings. The van der Waals surface area contributed by atoms with Gasteiger partial charge in [0, 0.05) is 37.1 Å². The summed E-state index contributed by atoms with van der Waals surface area (Å²) < 4.78 is 13.8. The first-order valence-corrected chi connectivity index (χ1v) is 8.64. The number of ether oxygens (including phenoxy) is 2. The molecular formula is C22H19N3O2. The molecule has 0 saturated carbocycles. The number of hydrogen-bond acceptors (Lipinski definition) is 4. The summed E-state index contributed by atoms with van der Waals surface area (Å²) in [5, 5.41) is 0. The third kappa shape index (κ3) is 3.98. The predicted molar refractivity (Wildman–Crippen MR) is 104 cm³/mol. The Morgan fingerprint density at radius 2 is 1.56 bits per heavy atom. The summed E-state index contributed by atoms with van der Waals surface area (Å²) in [5.74, 6) is 3.55. The van der Waals surface area contributed by atoms with Crippen LogP contribution in [0, 0.1) is 6.92 Å². The maximum Gasteiger partial charge on any atom is 0.219 e. The second-order valence-corrected chi connectivity index (χ2v) is 6.19. The molecule has 0 saturated heterocycles. The van der Waals surface area contributed by atoms with Gasteiger partial charge in [0.1, 0.15) is 23.1 Å². The first-order valence-electron chi connectivity index (χ1n) is 8.64. The molecule has 2 heterocycles. The van der Waals surface area contributed by atoms with Crippen LogP contribution in [0.5, 0.6) is 23.1 Å². The first-order chi connectivity index (χ1) is 13.2. The Morgan fingerprint density at radius 1 is 0.815 bits per heavy atom. The van der Waals surface area contributed by atoms with Gasteiger partial charge in [-0.1, -0.05) is 24.3 Å². The number of aromatic nitrogens is 3. The second kappa shape index (κ2) is 7.33. The zero-order valence-electron chi connectivity index (χ0n) is 15.2. The van der Waals surface area contributed by atoms with Crippen LogP contribution in [-0.2, 0) is 7.05 Å². The van der Waals surface area contributed by atoms with Crippen LogP contribution >= 0.6 is 0 Å². The van der Waals surface area contributed by atoms with Gasteiger partial charge in [0.15, 0.2) is 0 Å². The van der Waals surface area contributed by atoms with Crippen molar-refractivity contribution in [2.75, 3.05) is 0 Å². The highest BCUT2D eigenvalue weighted by Crippen LogP contribution is 2.30. The molecule has 0 N–H and O–H groups in total. The van der Waals surface area contributed by atoms with E-state index in [1.54, 1.807) is 6.20 Å². The standard InChI is InChI=1S/C22H19N3O2/c1-16-15-25(2)22(24-16)17-7-5-8-18(13-17)26-19-9-6-10-20(14-19)27-21-11-3-4-12-23-21/h3-15H,1-2H3. The van der Waals surface area contributed by atoms with Gasteiger partial charge in [-0.25, -0.2) is 9.97 Å². The minimum Gasteiger partial charge on any atom is -0.457 e. The van der Waals surface area contributed by atoms with Gasteiger partial charge in [-0.15, -0.1) is 0 Å². The lowest BCUT2D eigenvalue weighted by Crippen LogP contribution is -1.92. The molecule has 0 aliphatic carbocycles. The fraction of sp³-hybridized carbons (Fsp3) is 0.0909. The van der Waals surface area contributed by atoms with Crippen molar-refractivity contribution in [1.29, 1.82) is 0 Å². The molecule has 5 nitrogen and oxygen atoms in total. The maximum atomic E-state index is 6.03. The average Bonchev–Trinajstić information content (AvgIpc) is 3.01. The van der Waals surface area contributed by atoms with Gasteiger partial charge >= 0.3 is 0 Å². The third-order valence-electron chi connectivity index (χ3n) is 3.99. The molecule has 0 bridgehead atoms. The van der Waals surface area contributed by atoms with Gasteiger partial charge in [0.25, 0.3) is 0 Å². The summed E-state index contributed by atoms with van der Waals surface area (Å²) in [4.78, 5) is 8.74. The number of rotatable bonds is 5. The molecule has 0 spiro atoms. The van der Waals surface area contributed by atoms with Gasteiger partial charge in [-0.3, -0.25) is 0 Å². The number of pyridine rings is 1. The number of imidazole rings is 1. The van der Waals surface area contributed by atoms with E-state index in [-0.39, 0.29) is 0 Å². The van der Waals surface area contributed by atoms with E-state index >= 15 is 0 Å². The molecule has 0 unspecified atom stereocenters. The molecule has 0 amide bonds. The molecule has 134 valence electrons. The summed E-state index contributed by atoms with van der Waals surface area (Å²) in [6.07, 6.45) is 3.70. The summed E-state index contributed by atoms with van der Waals surface area (Å²) >= 11 is 0. The van der Waals surface area contributed by atoms with Crippen LogP contribution < -0.4 is 9.47 Å². The van der Waals surface area contributed by atoms with Crippen LogP contribution in [0.2, 0.25) is 0 Å². The highest BCUT2D eigenvalue weighted by atomic mass is 16.5. The van der Waals surface area contributed by atoms with Gasteiger partial charge in [-0.05, 0) is 37.3 Å². The fourth-order valence-electron chi connectivity index (χ4n) is 2.85. The highest BCUT2D eigenvalue weighted by Gasteiger charge is 2.08. The summed E-state index contributed by atoms with van der Waals surface area (Å²) in [7, 11) is 1.99. The van der Waals surface area contributed by atoms with Crippen LogP contribution in [0.1, 0.15) is 5.69 Å². The van der Waals surface area contributed by atoms with Crippen LogP contribution in [0.3, 0.4) is 0 Å². The molecule has 5 heteroatoms. The molecule has 27 heavy (non-hydrogen) atoms. The smallest absolute Gasteiger partial charge is 0.219 e. The Bertz CT molecular complexity index is 1060. The van der Waals surface area contributed by atoms with Crippen molar-refractivity contribution >= 4 is 0 Å². The number of benzene rings is 2. The lowest BCUT2D eigenvalue weighted by Gasteiger charge is -2.10. The maximum absolute atomic E-state index is 6.03. The molecule has 0 radical (unpaired) electrons. The van der Waals surface area contributed by atoms with E-state index in [1.807, 2.05) is 91.5 Å². The molecule has 0 fully saturated rings. The van der Waals surface area contributed by atoms with Gasteiger partial charge < -0.3 is 14.0 Å². The average molecular weight is 357 g/mol. The minimum absolute atomic E-state index is 0.543. The lowest BCUT2D eigenvalue weighted by molar-refractivity contribution is 0.449. The van der Waals surface area contributed by atoms with E-state index in [4.69, 9.17) is 9.47 Å². The molecular weight excluding hydrogens is 338 g/mol. The van der Waals surface area contributed by atoms with Crippen molar-refractivity contribution in [1.82, 2.24) is 14.5 Å². The molecule has 2 aromatic carbocycles. The summed E-state index contributed by atoms with van der Waals surface area (Å²) in [5.41, 5.74) is 1.99. The SMILES string of the molecule is Cc1cn(C)c(-c2cccc(Oc3cccc(Oc4ccccn4)c3)c2)n1. The molecule has 0 aliphatic rings. The Balaban J connectivity index is 1.55. The Morgan fingerprint density at radius 3 is 2.26 bits per heavy atom. The molecule has 4 rings (SSSR count). The second-order valence-electron chi connectivity index (χ2n) is 6.19. The largest absolute Gasteiger partial charge is 0.457 e. The zero-order valence-corrected chi connectivity index (χ0v) is 15.2. The van der Waals surface area contributed by atoms with Crippen LogP contribution in [0.4, 0.5) is 0 Å². The van der Waals surface area contributed by atoms with Gasteiger partial charge in [-0.2, -0.15) is 0 Å². The summed E-state index contributed by atoms with van der Waals surface area (Å²) in [6.45, 7) is 1.98. The monoisotopic (exact) mass is 357 g/mol. The Hall–Kier alpha value is -3.60. The van der Waals surface area contributed by atoms with Gasteiger partial charge in [0.05, 0.1) is 5.69 Å². The number of aryl methyl sites for hydroxylation is 2. The van der Waals surface area contributed by atoms with E-state index in [0.29, 0.717) is 17.4 Å². The topological polar surface area (TPSA) is 49.2 Å². The van der Waals surface area contributed by atoms with Crippen molar-refractivity contribution in [3.8, 4) is 34.5 Å². The third-order valence-corrected chi connectivity index (χ3v) is 3.99. The lowest BCUT2D eigenvalue weighted by atomic mass is 10.2. The number of nitrogens with zero attached hydrogens (tertiary/aromatic N) is 3. The first kappa shape index (κ1) is 16.8. The van der Waals surface area contributed by atoms with Crippen molar-refractivity contribution < 1.29 is 9.47 Å². The molecule has 0 atom stereocenters. The van der Waals surface area contributed by atoms with E-state index in [0.717, 1.165) is 22.8 Å². The predicted octanol–water partition coefficient (Wildman–Crippen LogP) is 5.38. The minimum atomic E-state index is 0.543. The van der Waals surface area contributed by atoms with E-state index < -0.39 is 0 Å². The Kier molecular flexibility index (Phi) is 4.58. The van der Waals surface area contributed by atoms with Crippen molar-refractivity contribution in [3.63, 3.8) is 0 Å². The van der Waals surface area contributed by atoms with Crippen LogP contribution in [-0.4, -0.2) is 14.5 Å². The fourth-order valence-corrected chi connectivity index (χ4v) is 2.85. The highest BCUT2D eigenvalue weighted by molar-refractivity contribution is 5.59. The van der Waals surface area contributed by atoms with Crippen LogP contribution in [0.25, 0.3) is 11.4 Å². The quantitative estimate of drug-likeness (QED) is 0.481. The number of hydrogen-bond donors (Lipinski definition) is 0. The summed E-state index contributed by atoms with van der Waals surface area (Å²) in [6, 6.07) is 20.9. The normalized spacial score (nSPS) is 10.6. The van der Waals surface area contributed by atoms with E-state index in [9.17, 15) is 0 Å².